The van der Waals surface area contributed by atoms with E-state index in [1.54, 1.807) is 19.2 Å². The number of hydrogen-bond acceptors (Lipinski definition) is 4. The van der Waals surface area contributed by atoms with Crippen molar-refractivity contribution in [2.75, 3.05) is 25.1 Å². The molecule has 0 unspecified atom stereocenters. The van der Waals surface area contributed by atoms with E-state index in [0.29, 0.717) is 0 Å². The SMILES string of the molecule is COc1cccc(N(C(=O)c2cccs2)C2CCN(Cc3cccc(F)c3)CC2)c1. The minimum absolute atomic E-state index is 0.0295. The Morgan fingerprint density at radius 3 is 2.63 bits per heavy atom. The van der Waals surface area contributed by atoms with Gasteiger partial charge in [-0.15, -0.1) is 11.3 Å². The van der Waals surface area contributed by atoms with E-state index in [2.05, 4.69) is 4.90 Å². The van der Waals surface area contributed by atoms with Gasteiger partial charge in [-0.05, 0) is 54.1 Å². The van der Waals surface area contributed by atoms with Gasteiger partial charge in [0, 0.05) is 37.4 Å². The number of rotatable bonds is 6. The van der Waals surface area contributed by atoms with Crippen LogP contribution in [0.2, 0.25) is 0 Å². The van der Waals surface area contributed by atoms with Crippen LogP contribution in [0.15, 0.2) is 66.0 Å². The highest BCUT2D eigenvalue weighted by Gasteiger charge is 2.30. The van der Waals surface area contributed by atoms with Crippen molar-refractivity contribution in [2.45, 2.75) is 25.4 Å². The Bertz CT molecular complexity index is 984. The zero-order chi connectivity index (χ0) is 20.9. The van der Waals surface area contributed by atoms with Crippen LogP contribution >= 0.6 is 11.3 Å². The van der Waals surface area contributed by atoms with Crippen molar-refractivity contribution in [3.8, 4) is 5.75 Å². The first-order valence-corrected chi connectivity index (χ1v) is 11.0. The third-order valence-corrected chi connectivity index (χ3v) is 6.36. The summed E-state index contributed by atoms with van der Waals surface area (Å²) in [5.74, 6) is 0.565. The molecule has 0 atom stereocenters. The Hall–Kier alpha value is -2.70. The van der Waals surface area contributed by atoms with Gasteiger partial charge in [0.2, 0.25) is 0 Å². The van der Waals surface area contributed by atoms with Crippen LogP contribution in [0.3, 0.4) is 0 Å². The van der Waals surface area contributed by atoms with E-state index in [9.17, 15) is 9.18 Å². The van der Waals surface area contributed by atoms with Crippen LogP contribution in [0.5, 0.6) is 5.75 Å². The average molecular weight is 425 g/mol. The average Bonchev–Trinajstić information content (AvgIpc) is 3.30. The van der Waals surface area contributed by atoms with E-state index in [1.165, 1.54) is 17.4 Å². The fourth-order valence-electron chi connectivity index (χ4n) is 4.00. The smallest absolute Gasteiger partial charge is 0.268 e. The van der Waals surface area contributed by atoms with Crippen molar-refractivity contribution >= 4 is 22.9 Å². The van der Waals surface area contributed by atoms with Crippen molar-refractivity contribution in [3.63, 3.8) is 0 Å². The Balaban J connectivity index is 1.51. The number of nitrogens with zero attached hydrogens (tertiary/aromatic N) is 2. The number of likely N-dealkylation sites (tertiary alicyclic amines) is 1. The van der Waals surface area contributed by atoms with Crippen molar-refractivity contribution in [1.29, 1.82) is 0 Å². The lowest BCUT2D eigenvalue weighted by Crippen LogP contribution is -2.47. The van der Waals surface area contributed by atoms with Crippen LogP contribution in [0, 0.1) is 5.82 Å². The van der Waals surface area contributed by atoms with E-state index in [-0.39, 0.29) is 17.8 Å². The van der Waals surface area contributed by atoms with Crippen LogP contribution in [-0.4, -0.2) is 37.0 Å². The molecule has 0 saturated carbocycles. The normalized spacial score (nSPS) is 15.1. The van der Waals surface area contributed by atoms with Gasteiger partial charge >= 0.3 is 0 Å². The summed E-state index contributed by atoms with van der Waals surface area (Å²) in [5, 5.41) is 1.93. The van der Waals surface area contributed by atoms with Gasteiger partial charge < -0.3 is 9.64 Å². The molecule has 0 radical (unpaired) electrons. The van der Waals surface area contributed by atoms with Crippen LogP contribution in [0.25, 0.3) is 0 Å². The number of carbonyl (C=O) groups is 1. The number of hydrogen-bond donors (Lipinski definition) is 0. The van der Waals surface area contributed by atoms with Gasteiger partial charge in [-0.25, -0.2) is 4.39 Å². The standard InChI is InChI=1S/C24H25FN2O2S/c1-29-22-8-3-7-21(16-22)27(24(28)23-9-4-14-30-23)20-10-12-26(13-11-20)17-18-5-2-6-19(25)15-18/h2-9,14-16,20H,10-13,17H2,1H3. The van der Waals surface area contributed by atoms with Crippen molar-refractivity contribution in [1.82, 2.24) is 4.90 Å². The van der Waals surface area contributed by atoms with Crippen molar-refractivity contribution in [3.05, 3.63) is 82.3 Å². The number of ether oxygens (including phenoxy) is 1. The Labute approximate surface area is 180 Å². The van der Waals surface area contributed by atoms with Crippen LogP contribution in [-0.2, 0) is 6.54 Å². The van der Waals surface area contributed by atoms with Gasteiger partial charge in [0.25, 0.3) is 5.91 Å². The molecular formula is C24H25FN2O2S. The summed E-state index contributed by atoms with van der Waals surface area (Å²) < 4.78 is 18.9. The molecule has 3 aromatic rings. The largest absolute Gasteiger partial charge is 0.497 e. The van der Waals surface area contributed by atoms with Crippen LogP contribution in [0.4, 0.5) is 10.1 Å². The van der Waals surface area contributed by atoms with Crippen LogP contribution < -0.4 is 9.64 Å². The first-order chi connectivity index (χ1) is 14.6. The molecule has 6 heteroatoms. The maximum atomic E-state index is 13.5. The molecule has 156 valence electrons. The quantitative estimate of drug-likeness (QED) is 0.545. The van der Waals surface area contributed by atoms with E-state index < -0.39 is 0 Å². The number of methoxy groups -OCH3 is 1. The maximum absolute atomic E-state index is 13.5. The van der Waals surface area contributed by atoms with E-state index >= 15 is 0 Å². The summed E-state index contributed by atoms with van der Waals surface area (Å²) in [5.41, 5.74) is 1.84. The summed E-state index contributed by atoms with van der Waals surface area (Å²) in [7, 11) is 1.63. The number of anilines is 1. The first-order valence-electron chi connectivity index (χ1n) is 10.1. The monoisotopic (exact) mass is 424 g/mol. The van der Waals surface area contributed by atoms with Gasteiger partial charge in [-0.2, -0.15) is 0 Å². The predicted octanol–water partition coefficient (Wildman–Crippen LogP) is 5.21. The van der Waals surface area contributed by atoms with Crippen molar-refractivity contribution in [2.24, 2.45) is 0 Å². The number of piperidine rings is 1. The van der Waals surface area contributed by atoms with Crippen LogP contribution in [0.1, 0.15) is 28.1 Å². The minimum atomic E-state index is -0.201. The lowest BCUT2D eigenvalue weighted by atomic mass is 10.0. The van der Waals surface area contributed by atoms with Gasteiger partial charge in [-0.3, -0.25) is 9.69 Å². The third-order valence-electron chi connectivity index (χ3n) is 5.50. The lowest BCUT2D eigenvalue weighted by Gasteiger charge is -2.38. The Kier molecular flexibility index (Phi) is 6.45. The van der Waals surface area contributed by atoms with Crippen molar-refractivity contribution < 1.29 is 13.9 Å². The second-order valence-corrected chi connectivity index (χ2v) is 8.44. The molecular weight excluding hydrogens is 399 g/mol. The highest BCUT2D eigenvalue weighted by Crippen LogP contribution is 2.30. The minimum Gasteiger partial charge on any atom is -0.497 e. The molecule has 0 bridgehead atoms. The van der Waals surface area contributed by atoms with E-state index in [1.807, 2.05) is 52.7 Å². The molecule has 0 N–H and O–H groups in total. The molecule has 2 aromatic carbocycles. The molecule has 30 heavy (non-hydrogen) atoms. The molecule has 0 spiro atoms. The molecule has 1 fully saturated rings. The highest BCUT2D eigenvalue weighted by atomic mass is 32.1. The highest BCUT2D eigenvalue weighted by molar-refractivity contribution is 7.12. The van der Waals surface area contributed by atoms with Gasteiger partial charge in [0.15, 0.2) is 0 Å². The molecule has 0 aliphatic carbocycles. The van der Waals surface area contributed by atoms with Gasteiger partial charge in [0.1, 0.15) is 11.6 Å². The molecule has 1 amide bonds. The lowest BCUT2D eigenvalue weighted by molar-refractivity contribution is 0.0962. The molecule has 1 aliphatic heterocycles. The van der Waals surface area contributed by atoms with Gasteiger partial charge in [-0.1, -0.05) is 24.3 Å². The van der Waals surface area contributed by atoms with E-state index in [4.69, 9.17) is 4.74 Å². The number of carbonyl (C=O) groups excluding carboxylic acids is 1. The second-order valence-electron chi connectivity index (χ2n) is 7.49. The molecule has 1 aliphatic rings. The van der Waals surface area contributed by atoms with E-state index in [0.717, 1.165) is 54.4 Å². The summed E-state index contributed by atoms with van der Waals surface area (Å²) in [6.45, 7) is 2.45. The third kappa shape index (κ3) is 4.71. The topological polar surface area (TPSA) is 32.8 Å². The Morgan fingerprint density at radius 1 is 1.13 bits per heavy atom. The zero-order valence-electron chi connectivity index (χ0n) is 17.0. The second kappa shape index (κ2) is 9.41. The number of halogens is 1. The molecule has 4 nitrogen and oxygen atoms in total. The first kappa shape index (κ1) is 20.6. The fraction of sp³-hybridized carbons (Fsp3) is 0.292. The summed E-state index contributed by atoms with van der Waals surface area (Å²) >= 11 is 1.46. The summed E-state index contributed by atoms with van der Waals surface area (Å²) in [4.78, 5) is 18.3. The number of thiophene rings is 1. The fourth-order valence-corrected chi connectivity index (χ4v) is 4.66. The maximum Gasteiger partial charge on any atom is 0.268 e. The Morgan fingerprint density at radius 2 is 1.93 bits per heavy atom. The summed E-state index contributed by atoms with van der Waals surface area (Å²) in [6.07, 6.45) is 1.73. The predicted molar refractivity (Wildman–Crippen MR) is 119 cm³/mol. The zero-order valence-corrected chi connectivity index (χ0v) is 17.8. The molecule has 1 aromatic heterocycles. The number of benzene rings is 2. The van der Waals surface area contributed by atoms with Gasteiger partial charge in [0.05, 0.1) is 12.0 Å². The molecule has 2 heterocycles. The summed E-state index contributed by atoms with van der Waals surface area (Å²) in [6, 6.07) is 18.4. The molecule has 1 saturated heterocycles. The molecule has 4 rings (SSSR count). The number of amides is 1.